The first-order chi connectivity index (χ1) is 11.4. The average molecular weight is 338 g/mol. The number of aromatic amines is 1. The van der Waals surface area contributed by atoms with Crippen molar-refractivity contribution in [2.24, 2.45) is 0 Å². The number of H-pyrrole nitrogens is 1. The predicted octanol–water partition coefficient (Wildman–Crippen LogP) is 2.71. The minimum Gasteiger partial charge on any atom is -0.465 e. The molecule has 24 heavy (non-hydrogen) atoms. The lowest BCUT2D eigenvalue weighted by Gasteiger charge is -2.37. The van der Waals surface area contributed by atoms with E-state index in [-0.39, 0.29) is 30.0 Å². The number of piperidine rings is 1. The van der Waals surface area contributed by atoms with E-state index >= 15 is 0 Å². The van der Waals surface area contributed by atoms with Gasteiger partial charge in [0.25, 0.3) is 5.56 Å². The van der Waals surface area contributed by atoms with Crippen LogP contribution in [0, 0.1) is 11.6 Å². The molecule has 2 aromatic rings. The Kier molecular flexibility index (Phi) is 4.37. The van der Waals surface area contributed by atoms with Gasteiger partial charge < -0.3 is 14.5 Å². The molecule has 2 heterocycles. The molecule has 1 aliphatic heterocycles. The number of amides is 1. The third-order valence-electron chi connectivity index (χ3n) is 4.38. The second-order valence-electron chi connectivity index (χ2n) is 5.91. The second kappa shape index (κ2) is 6.46. The van der Waals surface area contributed by atoms with Crippen molar-refractivity contribution in [1.82, 2.24) is 10.1 Å². The number of nitrogens with one attached hydrogen (secondary N) is 1. The normalized spacial score (nSPS) is 21.0. The first kappa shape index (κ1) is 16.2. The maximum atomic E-state index is 13.9. The Morgan fingerprint density at radius 2 is 2.17 bits per heavy atom. The Hall–Kier alpha value is -2.64. The van der Waals surface area contributed by atoms with Crippen molar-refractivity contribution in [3.05, 3.63) is 57.6 Å². The third-order valence-corrected chi connectivity index (χ3v) is 4.38. The molecule has 6 nitrogen and oxygen atoms in total. The van der Waals surface area contributed by atoms with Gasteiger partial charge in [-0.3, -0.25) is 4.79 Å². The van der Waals surface area contributed by atoms with Gasteiger partial charge in [-0.05, 0) is 30.9 Å². The number of hydrogen-bond donors (Lipinski definition) is 2. The van der Waals surface area contributed by atoms with E-state index in [9.17, 15) is 23.5 Å². The first-order valence-electron chi connectivity index (χ1n) is 7.56. The number of benzene rings is 1. The zero-order valence-electron chi connectivity index (χ0n) is 12.7. The molecule has 0 aliphatic carbocycles. The molecule has 1 aromatic heterocycles. The number of carboxylic acid groups (broad SMARTS) is 1. The molecule has 1 saturated heterocycles. The summed E-state index contributed by atoms with van der Waals surface area (Å²) in [6, 6.07) is 4.11. The fourth-order valence-electron chi connectivity index (χ4n) is 3.19. The molecule has 1 aliphatic rings. The number of carbonyl (C=O) groups is 1. The van der Waals surface area contributed by atoms with Crippen LogP contribution < -0.4 is 5.56 Å². The van der Waals surface area contributed by atoms with Crippen molar-refractivity contribution in [3.8, 4) is 0 Å². The molecule has 128 valence electrons. The molecule has 3 rings (SSSR count). The molecule has 0 unspecified atom stereocenters. The molecule has 1 amide bonds. The van der Waals surface area contributed by atoms with Gasteiger partial charge in [-0.1, -0.05) is 6.07 Å². The Morgan fingerprint density at radius 3 is 2.79 bits per heavy atom. The fourth-order valence-corrected chi connectivity index (χ4v) is 3.19. The van der Waals surface area contributed by atoms with Crippen LogP contribution in [0.25, 0.3) is 0 Å². The van der Waals surface area contributed by atoms with E-state index in [2.05, 4.69) is 5.16 Å². The summed E-state index contributed by atoms with van der Waals surface area (Å²) in [6.07, 6.45) is -0.0559. The summed E-state index contributed by atoms with van der Waals surface area (Å²) in [6.45, 7) is 0.252. The van der Waals surface area contributed by atoms with E-state index in [4.69, 9.17) is 4.52 Å². The van der Waals surface area contributed by atoms with Gasteiger partial charge in [-0.25, -0.2) is 13.6 Å². The Morgan fingerprint density at radius 1 is 1.38 bits per heavy atom. The highest BCUT2D eigenvalue weighted by Crippen LogP contribution is 2.32. The van der Waals surface area contributed by atoms with Gasteiger partial charge >= 0.3 is 6.09 Å². The Balaban J connectivity index is 1.82. The number of likely N-dealkylation sites (tertiary alicyclic amines) is 1. The number of rotatable bonds is 3. The summed E-state index contributed by atoms with van der Waals surface area (Å²) in [7, 11) is 0. The van der Waals surface area contributed by atoms with Gasteiger partial charge in [0.1, 0.15) is 17.4 Å². The molecule has 0 saturated carbocycles. The molecule has 1 aromatic carbocycles. The quantitative estimate of drug-likeness (QED) is 0.901. The SMILES string of the molecule is O=C(O)N1CC[C@@H](c2cc(=O)[nH]o2)C[C@@H]1Cc1ccc(F)cc1F. The highest BCUT2D eigenvalue weighted by atomic mass is 19.1. The van der Waals surface area contributed by atoms with Crippen LogP contribution in [0.2, 0.25) is 0 Å². The van der Waals surface area contributed by atoms with Crippen molar-refractivity contribution in [2.45, 2.75) is 31.2 Å². The highest BCUT2D eigenvalue weighted by molar-refractivity contribution is 5.65. The van der Waals surface area contributed by atoms with Crippen LogP contribution in [-0.2, 0) is 6.42 Å². The third kappa shape index (κ3) is 3.32. The van der Waals surface area contributed by atoms with E-state index in [0.29, 0.717) is 18.6 Å². The molecule has 0 bridgehead atoms. The predicted molar refractivity (Wildman–Crippen MR) is 79.9 cm³/mol. The number of halogens is 2. The molecule has 2 atom stereocenters. The highest BCUT2D eigenvalue weighted by Gasteiger charge is 2.34. The van der Waals surface area contributed by atoms with Crippen LogP contribution in [0.1, 0.15) is 30.1 Å². The van der Waals surface area contributed by atoms with Crippen molar-refractivity contribution < 1.29 is 23.2 Å². The van der Waals surface area contributed by atoms with Crippen LogP contribution in [0.5, 0.6) is 0 Å². The van der Waals surface area contributed by atoms with Crippen molar-refractivity contribution in [3.63, 3.8) is 0 Å². The van der Waals surface area contributed by atoms with Gasteiger partial charge in [-0.15, -0.1) is 0 Å². The zero-order valence-corrected chi connectivity index (χ0v) is 12.7. The Bertz CT molecular complexity index is 801. The zero-order chi connectivity index (χ0) is 17.3. The summed E-state index contributed by atoms with van der Waals surface area (Å²) in [4.78, 5) is 23.9. The van der Waals surface area contributed by atoms with Crippen LogP contribution in [0.3, 0.4) is 0 Å². The summed E-state index contributed by atoms with van der Waals surface area (Å²) in [5, 5.41) is 11.6. The standard InChI is InChI=1S/C16H16F2N2O4/c17-11-2-1-9(13(18)7-11)5-12-6-10(3-4-20(12)16(22)23)14-8-15(21)19-24-14/h1-2,7-8,10,12H,3-6H2,(H,19,21)(H,22,23)/t10-,12+/m1/s1. The van der Waals surface area contributed by atoms with Gasteiger partial charge in [-0.2, -0.15) is 5.16 Å². The fraction of sp³-hybridized carbons (Fsp3) is 0.375. The number of nitrogens with zero attached hydrogens (tertiary/aromatic N) is 1. The lowest BCUT2D eigenvalue weighted by molar-refractivity contribution is 0.0965. The van der Waals surface area contributed by atoms with Crippen LogP contribution in [-0.4, -0.2) is 33.8 Å². The largest absolute Gasteiger partial charge is 0.465 e. The van der Waals surface area contributed by atoms with Crippen molar-refractivity contribution in [2.75, 3.05) is 6.54 Å². The van der Waals surface area contributed by atoms with E-state index in [1.54, 1.807) is 0 Å². The summed E-state index contributed by atoms with van der Waals surface area (Å²) in [5.74, 6) is -1.04. The topological polar surface area (TPSA) is 86.5 Å². The second-order valence-corrected chi connectivity index (χ2v) is 5.91. The molecule has 2 N–H and O–H groups in total. The van der Waals surface area contributed by atoms with E-state index in [0.717, 1.165) is 12.1 Å². The van der Waals surface area contributed by atoms with E-state index in [1.165, 1.54) is 17.0 Å². The molecule has 8 heteroatoms. The summed E-state index contributed by atoms with van der Waals surface area (Å²) >= 11 is 0. The number of hydrogen-bond acceptors (Lipinski definition) is 3. The van der Waals surface area contributed by atoms with Crippen molar-refractivity contribution in [1.29, 1.82) is 0 Å². The van der Waals surface area contributed by atoms with Crippen LogP contribution in [0.15, 0.2) is 33.6 Å². The number of aromatic nitrogens is 1. The maximum absolute atomic E-state index is 13.9. The minimum atomic E-state index is -1.09. The summed E-state index contributed by atoms with van der Waals surface area (Å²) in [5.41, 5.74) is -0.101. The molecular weight excluding hydrogens is 322 g/mol. The van der Waals surface area contributed by atoms with Gasteiger partial charge in [0.05, 0.1) is 0 Å². The first-order valence-corrected chi connectivity index (χ1v) is 7.56. The van der Waals surface area contributed by atoms with E-state index in [1.807, 2.05) is 0 Å². The maximum Gasteiger partial charge on any atom is 0.407 e. The van der Waals surface area contributed by atoms with Gasteiger partial charge in [0.15, 0.2) is 0 Å². The molecule has 1 fully saturated rings. The van der Waals surface area contributed by atoms with Crippen LogP contribution in [0.4, 0.5) is 13.6 Å². The monoisotopic (exact) mass is 338 g/mol. The molecular formula is C16H16F2N2O4. The molecule has 0 radical (unpaired) electrons. The van der Waals surface area contributed by atoms with Crippen LogP contribution >= 0.6 is 0 Å². The lowest BCUT2D eigenvalue weighted by atomic mass is 9.86. The van der Waals surface area contributed by atoms with Gasteiger partial charge in [0.2, 0.25) is 0 Å². The van der Waals surface area contributed by atoms with Gasteiger partial charge in [0, 0.05) is 30.6 Å². The smallest absolute Gasteiger partial charge is 0.407 e. The summed E-state index contributed by atoms with van der Waals surface area (Å²) < 4.78 is 32.0. The Labute approximate surface area is 135 Å². The van der Waals surface area contributed by atoms with E-state index < -0.39 is 23.8 Å². The van der Waals surface area contributed by atoms with Crippen molar-refractivity contribution >= 4 is 6.09 Å². The minimum absolute atomic E-state index is 0.129. The molecule has 0 spiro atoms. The lowest BCUT2D eigenvalue weighted by Crippen LogP contribution is -2.46. The average Bonchev–Trinajstić information content (AvgIpc) is 2.96.